The molecule has 24 heavy (non-hydrogen) atoms. The second kappa shape index (κ2) is 8.61. The van der Waals surface area contributed by atoms with E-state index in [1.165, 1.54) is 6.42 Å². The summed E-state index contributed by atoms with van der Waals surface area (Å²) in [6, 6.07) is 0. The maximum atomic E-state index is 13.1. The van der Waals surface area contributed by atoms with E-state index in [-0.39, 0.29) is 5.92 Å². The molecule has 3 saturated heterocycles. The van der Waals surface area contributed by atoms with Crippen LogP contribution in [0.5, 0.6) is 0 Å². The van der Waals surface area contributed by atoms with Gasteiger partial charge in [0.25, 0.3) is 0 Å². The molecule has 0 bridgehead atoms. The smallest absolute Gasteiger partial charge is 0.228 e. The summed E-state index contributed by atoms with van der Waals surface area (Å²) in [7, 11) is 4.27. The van der Waals surface area contributed by atoms with Gasteiger partial charge >= 0.3 is 0 Å². The SMILES string of the molecule is CN1CCN(C)CC(C(=O)N2CCC[C@H](CN3CCOCC3)C2)C1. The largest absolute Gasteiger partial charge is 0.379 e. The van der Waals surface area contributed by atoms with Gasteiger partial charge in [-0.05, 0) is 32.9 Å². The average molecular weight is 338 g/mol. The highest BCUT2D eigenvalue weighted by Crippen LogP contribution is 2.21. The Kier molecular flexibility index (Phi) is 6.49. The van der Waals surface area contributed by atoms with Crippen LogP contribution in [0.15, 0.2) is 0 Å². The molecule has 3 aliphatic rings. The molecule has 3 heterocycles. The van der Waals surface area contributed by atoms with E-state index < -0.39 is 0 Å². The number of amides is 1. The molecule has 138 valence electrons. The number of morpholine rings is 1. The molecule has 0 saturated carbocycles. The van der Waals surface area contributed by atoms with E-state index in [9.17, 15) is 4.79 Å². The van der Waals surface area contributed by atoms with Crippen molar-refractivity contribution in [2.24, 2.45) is 11.8 Å². The maximum absolute atomic E-state index is 13.1. The second-order valence-electron chi connectivity index (χ2n) is 7.93. The maximum Gasteiger partial charge on any atom is 0.228 e. The van der Waals surface area contributed by atoms with Gasteiger partial charge in [-0.2, -0.15) is 0 Å². The van der Waals surface area contributed by atoms with Crippen molar-refractivity contribution in [2.75, 3.05) is 86.2 Å². The number of hydrogen-bond acceptors (Lipinski definition) is 5. The number of carbonyl (C=O) groups is 1. The third-order valence-electron chi connectivity index (χ3n) is 5.73. The normalized spacial score (nSPS) is 29.6. The quantitative estimate of drug-likeness (QED) is 0.727. The van der Waals surface area contributed by atoms with Gasteiger partial charge in [0, 0.05) is 58.9 Å². The van der Waals surface area contributed by atoms with Crippen LogP contribution in [0.2, 0.25) is 0 Å². The van der Waals surface area contributed by atoms with Gasteiger partial charge in [-0.25, -0.2) is 0 Å². The van der Waals surface area contributed by atoms with Crippen molar-refractivity contribution in [2.45, 2.75) is 12.8 Å². The molecule has 3 aliphatic heterocycles. The molecule has 0 radical (unpaired) electrons. The van der Waals surface area contributed by atoms with Crippen molar-refractivity contribution in [3.05, 3.63) is 0 Å². The summed E-state index contributed by atoms with van der Waals surface area (Å²) < 4.78 is 5.44. The van der Waals surface area contributed by atoms with Crippen LogP contribution in [-0.4, -0.2) is 112 Å². The minimum absolute atomic E-state index is 0.129. The van der Waals surface area contributed by atoms with Crippen LogP contribution < -0.4 is 0 Å². The molecule has 6 heteroatoms. The Balaban J connectivity index is 1.53. The van der Waals surface area contributed by atoms with E-state index in [1.807, 2.05) is 0 Å². The number of nitrogens with zero attached hydrogens (tertiary/aromatic N) is 4. The molecule has 0 aromatic heterocycles. The number of hydrogen-bond donors (Lipinski definition) is 0. The minimum Gasteiger partial charge on any atom is -0.379 e. The second-order valence-corrected chi connectivity index (χ2v) is 7.93. The van der Waals surface area contributed by atoms with Crippen molar-refractivity contribution >= 4 is 5.91 Å². The van der Waals surface area contributed by atoms with Crippen LogP contribution in [0.25, 0.3) is 0 Å². The Morgan fingerprint density at radius 2 is 1.62 bits per heavy atom. The highest BCUT2D eigenvalue weighted by Gasteiger charge is 2.32. The van der Waals surface area contributed by atoms with Crippen molar-refractivity contribution < 1.29 is 9.53 Å². The number of likely N-dealkylation sites (tertiary alicyclic amines) is 1. The number of piperidine rings is 1. The Bertz CT molecular complexity index is 402. The van der Waals surface area contributed by atoms with Crippen LogP contribution in [0.3, 0.4) is 0 Å². The van der Waals surface area contributed by atoms with Crippen molar-refractivity contribution in [1.82, 2.24) is 19.6 Å². The molecular weight excluding hydrogens is 304 g/mol. The zero-order chi connectivity index (χ0) is 16.9. The molecule has 0 aliphatic carbocycles. The lowest BCUT2D eigenvalue weighted by Crippen LogP contribution is -2.49. The first-order valence-electron chi connectivity index (χ1n) is 9.58. The van der Waals surface area contributed by atoms with Crippen molar-refractivity contribution in [1.29, 1.82) is 0 Å². The molecule has 3 rings (SSSR count). The van der Waals surface area contributed by atoms with Crippen molar-refractivity contribution in [3.8, 4) is 0 Å². The Morgan fingerprint density at radius 3 is 2.29 bits per heavy atom. The molecule has 6 nitrogen and oxygen atoms in total. The van der Waals surface area contributed by atoms with E-state index in [4.69, 9.17) is 4.74 Å². The Hall–Kier alpha value is -0.690. The summed E-state index contributed by atoms with van der Waals surface area (Å²) in [5.41, 5.74) is 0. The predicted octanol–water partition coefficient (Wildman–Crippen LogP) is 0.0506. The monoisotopic (exact) mass is 338 g/mol. The number of rotatable bonds is 3. The molecule has 1 amide bonds. The predicted molar refractivity (Wildman–Crippen MR) is 95.0 cm³/mol. The summed E-state index contributed by atoms with van der Waals surface area (Å²) in [6.07, 6.45) is 2.41. The van der Waals surface area contributed by atoms with Gasteiger partial charge < -0.3 is 19.4 Å². The van der Waals surface area contributed by atoms with Gasteiger partial charge in [0.1, 0.15) is 0 Å². The minimum atomic E-state index is 0.129. The highest BCUT2D eigenvalue weighted by atomic mass is 16.5. The lowest BCUT2D eigenvalue weighted by Gasteiger charge is -2.38. The van der Waals surface area contributed by atoms with Crippen LogP contribution in [0, 0.1) is 11.8 Å². The number of ether oxygens (including phenoxy) is 1. The van der Waals surface area contributed by atoms with Crippen LogP contribution in [-0.2, 0) is 9.53 Å². The average Bonchev–Trinajstić information content (AvgIpc) is 2.76. The molecule has 0 aromatic rings. The first-order valence-corrected chi connectivity index (χ1v) is 9.58. The lowest BCUT2D eigenvalue weighted by atomic mass is 9.95. The fourth-order valence-corrected chi connectivity index (χ4v) is 4.31. The standard InChI is InChI=1S/C18H34N4O2/c1-19-6-7-20(2)15-17(14-19)18(23)22-5-3-4-16(13-22)12-21-8-10-24-11-9-21/h16-17H,3-15H2,1-2H3/t16-/m1/s1. The third kappa shape index (κ3) is 4.91. The van der Waals surface area contributed by atoms with Gasteiger partial charge in [-0.3, -0.25) is 9.69 Å². The van der Waals surface area contributed by atoms with Crippen LogP contribution >= 0.6 is 0 Å². The number of likely N-dealkylation sites (N-methyl/N-ethyl adjacent to an activating group) is 2. The van der Waals surface area contributed by atoms with Gasteiger partial charge in [0.15, 0.2) is 0 Å². The van der Waals surface area contributed by atoms with Gasteiger partial charge in [-0.15, -0.1) is 0 Å². The fraction of sp³-hybridized carbons (Fsp3) is 0.944. The van der Waals surface area contributed by atoms with E-state index in [1.54, 1.807) is 0 Å². The molecule has 0 unspecified atom stereocenters. The molecule has 0 aromatic carbocycles. The van der Waals surface area contributed by atoms with Crippen LogP contribution in [0.1, 0.15) is 12.8 Å². The Morgan fingerprint density at radius 1 is 0.958 bits per heavy atom. The van der Waals surface area contributed by atoms with Crippen molar-refractivity contribution in [3.63, 3.8) is 0 Å². The summed E-state index contributed by atoms with van der Waals surface area (Å²) in [5, 5.41) is 0. The zero-order valence-electron chi connectivity index (χ0n) is 15.5. The first-order chi connectivity index (χ1) is 11.6. The lowest BCUT2D eigenvalue weighted by molar-refractivity contribution is -0.138. The molecule has 0 N–H and O–H groups in total. The van der Waals surface area contributed by atoms with Gasteiger partial charge in [0.2, 0.25) is 5.91 Å². The summed E-state index contributed by atoms with van der Waals surface area (Å²) >= 11 is 0. The van der Waals surface area contributed by atoms with Crippen LogP contribution in [0.4, 0.5) is 0 Å². The van der Waals surface area contributed by atoms with E-state index in [0.29, 0.717) is 11.8 Å². The molecule has 1 atom stereocenters. The van der Waals surface area contributed by atoms with Gasteiger partial charge in [-0.1, -0.05) is 0 Å². The first kappa shape index (κ1) is 18.1. The molecule has 0 spiro atoms. The summed E-state index contributed by atoms with van der Waals surface area (Å²) in [4.78, 5) is 22.4. The Labute approximate surface area is 146 Å². The third-order valence-corrected chi connectivity index (χ3v) is 5.73. The van der Waals surface area contributed by atoms with E-state index in [2.05, 4.69) is 33.7 Å². The fourth-order valence-electron chi connectivity index (χ4n) is 4.31. The van der Waals surface area contributed by atoms with Gasteiger partial charge in [0.05, 0.1) is 19.1 Å². The summed E-state index contributed by atoms with van der Waals surface area (Å²) in [5.74, 6) is 1.13. The topological polar surface area (TPSA) is 39.3 Å². The highest BCUT2D eigenvalue weighted by molar-refractivity contribution is 5.79. The zero-order valence-corrected chi connectivity index (χ0v) is 15.5. The number of carbonyl (C=O) groups excluding carboxylic acids is 1. The summed E-state index contributed by atoms with van der Waals surface area (Å²) in [6.45, 7) is 10.7. The van der Waals surface area contributed by atoms with E-state index >= 15 is 0 Å². The molecule has 3 fully saturated rings. The van der Waals surface area contributed by atoms with E-state index in [0.717, 1.165) is 78.5 Å². The molecular formula is C18H34N4O2.